The molecular weight excluding hydrogens is 182 g/mol. The van der Waals surface area contributed by atoms with Gasteiger partial charge in [-0.25, -0.2) is 0 Å². The van der Waals surface area contributed by atoms with E-state index in [0.29, 0.717) is 5.92 Å². The van der Waals surface area contributed by atoms with Crippen molar-refractivity contribution in [3.8, 4) is 11.8 Å². The maximum Gasteiger partial charge on any atom is 0.0214 e. The molecule has 1 unspecified atom stereocenters. The molecule has 1 rings (SSSR count). The second kappa shape index (κ2) is 7.09. The molecule has 1 aromatic carbocycles. The summed E-state index contributed by atoms with van der Waals surface area (Å²) in [6.07, 6.45) is 0.942. The molecule has 15 heavy (non-hydrogen) atoms. The number of hydrogen-bond donors (Lipinski definition) is 1. The van der Waals surface area contributed by atoms with Crippen LogP contribution in [-0.2, 0) is 0 Å². The van der Waals surface area contributed by atoms with Crippen LogP contribution in [0.4, 0.5) is 0 Å². The minimum absolute atomic E-state index is 0.570. The van der Waals surface area contributed by atoms with Gasteiger partial charge in [0.2, 0.25) is 0 Å². The third-order valence-corrected chi connectivity index (χ3v) is 2.42. The minimum atomic E-state index is 0.570. The summed E-state index contributed by atoms with van der Waals surface area (Å²) < 4.78 is 0. The molecule has 1 aromatic rings. The van der Waals surface area contributed by atoms with E-state index in [1.54, 1.807) is 0 Å². The molecule has 0 heterocycles. The van der Waals surface area contributed by atoms with Crippen LogP contribution in [0.2, 0.25) is 0 Å². The van der Waals surface area contributed by atoms with E-state index in [1.807, 2.05) is 6.92 Å². The topological polar surface area (TPSA) is 12.0 Å². The Morgan fingerprint density at radius 2 is 2.00 bits per heavy atom. The molecule has 0 aliphatic carbocycles. The molecule has 80 valence electrons. The van der Waals surface area contributed by atoms with Crippen LogP contribution >= 0.6 is 0 Å². The molecule has 0 saturated carbocycles. The van der Waals surface area contributed by atoms with Crippen molar-refractivity contribution >= 4 is 0 Å². The van der Waals surface area contributed by atoms with Crippen LogP contribution in [0.25, 0.3) is 0 Å². The summed E-state index contributed by atoms with van der Waals surface area (Å²) in [5.74, 6) is 6.52. The summed E-state index contributed by atoms with van der Waals surface area (Å²) in [4.78, 5) is 0. The van der Waals surface area contributed by atoms with Crippen LogP contribution in [0.3, 0.4) is 0 Å². The van der Waals surface area contributed by atoms with Gasteiger partial charge < -0.3 is 5.32 Å². The Labute approximate surface area is 92.9 Å². The Balaban J connectivity index is 2.24. The Kier molecular flexibility index (Phi) is 5.58. The lowest BCUT2D eigenvalue weighted by atomic mass is 10.0. The molecule has 0 radical (unpaired) electrons. The van der Waals surface area contributed by atoms with Gasteiger partial charge in [0.1, 0.15) is 0 Å². The summed E-state index contributed by atoms with van der Waals surface area (Å²) in [6.45, 7) is 6.13. The van der Waals surface area contributed by atoms with Gasteiger partial charge in [0.15, 0.2) is 0 Å². The third kappa shape index (κ3) is 4.67. The predicted molar refractivity (Wildman–Crippen MR) is 65.8 cm³/mol. The van der Waals surface area contributed by atoms with Gasteiger partial charge in [-0.1, -0.05) is 37.3 Å². The standard InChI is InChI=1S/C14H19N/c1-3-4-8-11-15-12-13(2)14-9-6-5-7-10-14/h5-7,9-10,13,15H,8,11-12H2,1-2H3. The summed E-state index contributed by atoms with van der Waals surface area (Å²) in [6, 6.07) is 10.6. The molecule has 1 heteroatoms. The van der Waals surface area contributed by atoms with Gasteiger partial charge in [-0.05, 0) is 18.4 Å². The van der Waals surface area contributed by atoms with Crippen molar-refractivity contribution in [1.29, 1.82) is 0 Å². The van der Waals surface area contributed by atoms with Crippen LogP contribution in [-0.4, -0.2) is 13.1 Å². The number of nitrogens with one attached hydrogen (secondary N) is 1. The molecular formula is C14H19N. The van der Waals surface area contributed by atoms with Gasteiger partial charge in [-0.15, -0.1) is 11.8 Å². The fourth-order valence-corrected chi connectivity index (χ4v) is 1.49. The van der Waals surface area contributed by atoms with E-state index in [9.17, 15) is 0 Å². The molecule has 0 aromatic heterocycles. The normalized spacial score (nSPS) is 11.6. The van der Waals surface area contributed by atoms with E-state index >= 15 is 0 Å². The molecule has 0 amide bonds. The SMILES string of the molecule is CC#CCCNCC(C)c1ccccc1. The smallest absolute Gasteiger partial charge is 0.0214 e. The molecule has 0 bridgehead atoms. The van der Waals surface area contributed by atoms with Crippen molar-refractivity contribution < 1.29 is 0 Å². The molecule has 0 aliphatic heterocycles. The number of rotatable bonds is 5. The third-order valence-electron chi connectivity index (χ3n) is 2.42. The van der Waals surface area contributed by atoms with Crippen LogP contribution in [0.5, 0.6) is 0 Å². The minimum Gasteiger partial charge on any atom is -0.315 e. The van der Waals surface area contributed by atoms with E-state index < -0.39 is 0 Å². The van der Waals surface area contributed by atoms with Gasteiger partial charge in [0, 0.05) is 19.5 Å². The fourth-order valence-electron chi connectivity index (χ4n) is 1.49. The van der Waals surface area contributed by atoms with Gasteiger partial charge >= 0.3 is 0 Å². The molecule has 0 fully saturated rings. The first-order valence-electron chi connectivity index (χ1n) is 5.50. The maximum absolute atomic E-state index is 3.42. The summed E-state index contributed by atoms with van der Waals surface area (Å²) in [5, 5.41) is 3.42. The second-order valence-corrected chi connectivity index (χ2v) is 3.69. The maximum atomic E-state index is 3.42. The van der Waals surface area contributed by atoms with Crippen LogP contribution < -0.4 is 5.32 Å². The van der Waals surface area contributed by atoms with E-state index in [1.165, 1.54) is 5.56 Å². The predicted octanol–water partition coefficient (Wildman–Crippen LogP) is 2.79. The zero-order valence-corrected chi connectivity index (χ0v) is 9.59. The van der Waals surface area contributed by atoms with E-state index in [0.717, 1.165) is 19.5 Å². The van der Waals surface area contributed by atoms with Crippen molar-refractivity contribution in [2.75, 3.05) is 13.1 Å². The lowest BCUT2D eigenvalue weighted by Gasteiger charge is -2.12. The molecule has 1 atom stereocenters. The Morgan fingerprint density at radius 1 is 1.27 bits per heavy atom. The molecule has 0 spiro atoms. The first kappa shape index (κ1) is 11.8. The van der Waals surface area contributed by atoms with Crippen molar-refractivity contribution in [2.45, 2.75) is 26.2 Å². The summed E-state index contributed by atoms with van der Waals surface area (Å²) >= 11 is 0. The zero-order valence-electron chi connectivity index (χ0n) is 9.59. The lowest BCUT2D eigenvalue weighted by Crippen LogP contribution is -2.20. The highest BCUT2D eigenvalue weighted by Gasteiger charge is 2.02. The monoisotopic (exact) mass is 201 g/mol. The number of benzene rings is 1. The van der Waals surface area contributed by atoms with Gasteiger partial charge in [-0.2, -0.15) is 0 Å². The van der Waals surface area contributed by atoms with Crippen molar-refractivity contribution in [2.24, 2.45) is 0 Å². The van der Waals surface area contributed by atoms with Gasteiger partial charge in [0.25, 0.3) is 0 Å². The van der Waals surface area contributed by atoms with Crippen LogP contribution in [0.15, 0.2) is 30.3 Å². The molecule has 1 N–H and O–H groups in total. The Hall–Kier alpha value is -1.26. The largest absolute Gasteiger partial charge is 0.315 e. The van der Waals surface area contributed by atoms with E-state index in [2.05, 4.69) is 54.4 Å². The zero-order chi connectivity index (χ0) is 10.9. The highest BCUT2D eigenvalue weighted by Crippen LogP contribution is 2.12. The Morgan fingerprint density at radius 3 is 2.67 bits per heavy atom. The summed E-state index contributed by atoms with van der Waals surface area (Å²) in [7, 11) is 0. The first-order chi connectivity index (χ1) is 7.34. The quantitative estimate of drug-likeness (QED) is 0.570. The van der Waals surface area contributed by atoms with Crippen molar-refractivity contribution in [3.63, 3.8) is 0 Å². The average molecular weight is 201 g/mol. The Bertz CT molecular complexity index is 318. The van der Waals surface area contributed by atoms with E-state index in [4.69, 9.17) is 0 Å². The lowest BCUT2D eigenvalue weighted by molar-refractivity contribution is 0.622. The van der Waals surface area contributed by atoms with Crippen molar-refractivity contribution in [3.05, 3.63) is 35.9 Å². The first-order valence-corrected chi connectivity index (χ1v) is 5.50. The fraction of sp³-hybridized carbons (Fsp3) is 0.429. The van der Waals surface area contributed by atoms with Crippen molar-refractivity contribution in [1.82, 2.24) is 5.32 Å². The van der Waals surface area contributed by atoms with Crippen LogP contribution in [0.1, 0.15) is 31.7 Å². The van der Waals surface area contributed by atoms with E-state index in [-0.39, 0.29) is 0 Å². The average Bonchev–Trinajstić information content (AvgIpc) is 2.30. The van der Waals surface area contributed by atoms with Crippen LogP contribution in [0, 0.1) is 11.8 Å². The highest BCUT2D eigenvalue weighted by atomic mass is 14.8. The van der Waals surface area contributed by atoms with Gasteiger partial charge in [-0.3, -0.25) is 0 Å². The van der Waals surface area contributed by atoms with Gasteiger partial charge in [0.05, 0.1) is 0 Å². The molecule has 0 aliphatic rings. The molecule has 1 nitrogen and oxygen atoms in total. The summed E-state index contributed by atoms with van der Waals surface area (Å²) in [5.41, 5.74) is 1.39. The highest BCUT2D eigenvalue weighted by molar-refractivity contribution is 5.18. The number of hydrogen-bond acceptors (Lipinski definition) is 1. The second-order valence-electron chi connectivity index (χ2n) is 3.69. The molecule has 0 saturated heterocycles.